The third-order valence-corrected chi connectivity index (χ3v) is 6.77. The summed E-state index contributed by atoms with van der Waals surface area (Å²) in [6.07, 6.45) is 3.30. The summed E-state index contributed by atoms with van der Waals surface area (Å²) in [7, 11) is 1.63. The first-order valence-corrected chi connectivity index (χ1v) is 10.5. The minimum absolute atomic E-state index is 0.209. The minimum atomic E-state index is -0.214. The molecule has 5 nitrogen and oxygen atoms in total. The third-order valence-electron chi connectivity index (χ3n) is 4.27. The average molecular weight is 426 g/mol. The number of rotatable bonds is 3. The molecule has 140 valence electrons. The second-order valence-corrected chi connectivity index (χ2v) is 8.91. The number of thioether (sulfide) groups is 1. The molecule has 1 aromatic carbocycles. The lowest BCUT2D eigenvalue weighted by Gasteiger charge is -2.10. The van der Waals surface area contributed by atoms with Gasteiger partial charge in [-0.15, -0.1) is 0 Å². The van der Waals surface area contributed by atoms with E-state index >= 15 is 0 Å². The zero-order valence-corrected chi connectivity index (χ0v) is 17.5. The van der Waals surface area contributed by atoms with E-state index in [0.29, 0.717) is 25.5 Å². The lowest BCUT2D eigenvalue weighted by atomic mass is 10.2. The maximum atomic E-state index is 13.2. The van der Waals surface area contributed by atoms with Gasteiger partial charge in [-0.2, -0.15) is 0 Å². The van der Waals surface area contributed by atoms with E-state index < -0.39 is 0 Å². The van der Waals surface area contributed by atoms with E-state index in [2.05, 4.69) is 0 Å². The van der Waals surface area contributed by atoms with Gasteiger partial charge >= 0.3 is 0 Å². The highest BCUT2D eigenvalue weighted by molar-refractivity contribution is 8.26. The number of aryl methyl sites for hydroxylation is 1. The number of carbonyl (C=O) groups is 1. The largest absolute Gasteiger partial charge is 0.296 e. The van der Waals surface area contributed by atoms with Crippen LogP contribution in [0.5, 0.6) is 0 Å². The first-order valence-electron chi connectivity index (χ1n) is 8.42. The predicted octanol–water partition coefficient (Wildman–Crippen LogP) is 3.99. The number of carbonyl (C=O) groups excluding carboxylic acids is 1. The highest BCUT2D eigenvalue weighted by Gasteiger charge is 2.29. The normalized spacial score (nSPS) is 15.8. The van der Waals surface area contributed by atoms with Gasteiger partial charge in [0, 0.05) is 18.1 Å². The van der Waals surface area contributed by atoms with E-state index in [1.807, 2.05) is 49.4 Å². The first-order chi connectivity index (χ1) is 13.5. The molecule has 1 fully saturated rings. The van der Waals surface area contributed by atoms with Crippen molar-refractivity contribution in [2.45, 2.75) is 16.8 Å². The van der Waals surface area contributed by atoms with Crippen LogP contribution in [0.1, 0.15) is 11.1 Å². The van der Waals surface area contributed by atoms with Gasteiger partial charge in [0.15, 0.2) is 0 Å². The molecular formula is C20H15N3O2S3. The van der Waals surface area contributed by atoms with E-state index in [9.17, 15) is 9.59 Å². The van der Waals surface area contributed by atoms with Crippen LogP contribution >= 0.6 is 35.7 Å². The molecule has 0 unspecified atom stereocenters. The fourth-order valence-corrected chi connectivity index (χ4v) is 4.84. The molecule has 0 N–H and O–H groups in total. The van der Waals surface area contributed by atoms with Crippen LogP contribution in [0.4, 0.5) is 0 Å². The number of pyridine rings is 1. The third kappa shape index (κ3) is 3.39. The van der Waals surface area contributed by atoms with Gasteiger partial charge in [0.2, 0.25) is 0 Å². The van der Waals surface area contributed by atoms with Crippen LogP contribution in [0.25, 0.3) is 11.7 Å². The monoisotopic (exact) mass is 425 g/mol. The number of hydrogen-bond acceptors (Lipinski definition) is 6. The topological polar surface area (TPSA) is 54.7 Å². The Bertz CT molecular complexity index is 1200. The van der Waals surface area contributed by atoms with Crippen LogP contribution in [0, 0.1) is 6.92 Å². The predicted molar refractivity (Wildman–Crippen MR) is 118 cm³/mol. The average Bonchev–Trinajstić information content (AvgIpc) is 2.93. The van der Waals surface area contributed by atoms with Gasteiger partial charge in [0.25, 0.3) is 11.5 Å². The zero-order valence-electron chi connectivity index (χ0n) is 15.1. The Kier molecular flexibility index (Phi) is 5.09. The highest BCUT2D eigenvalue weighted by atomic mass is 32.2. The molecule has 0 spiro atoms. The summed E-state index contributed by atoms with van der Waals surface area (Å²) in [5.41, 5.74) is 1.67. The maximum absolute atomic E-state index is 13.2. The Morgan fingerprint density at radius 2 is 1.89 bits per heavy atom. The molecule has 3 heterocycles. The Morgan fingerprint density at radius 1 is 1.14 bits per heavy atom. The number of likely N-dealkylation sites (N-methyl/N-ethyl adjacent to an activating group) is 1. The van der Waals surface area contributed by atoms with Gasteiger partial charge in [-0.05, 0) is 36.8 Å². The SMILES string of the molecule is Cc1cccn2c(=O)c(C=C3SC(=S)N(C)C3=O)c(Sc3ccccc3)nc12. The standard InChI is InChI=1S/C20H15N3O2S3/c1-12-7-6-10-23-16(12)21-17(27-13-8-4-3-5-9-13)14(18(23)24)11-15-19(25)22(2)20(26)28-15/h3-11H,1-2H3. The molecule has 3 aromatic rings. The van der Waals surface area contributed by atoms with Gasteiger partial charge in [0.05, 0.1) is 10.5 Å². The number of hydrogen-bond donors (Lipinski definition) is 0. The van der Waals surface area contributed by atoms with E-state index in [1.54, 1.807) is 19.3 Å². The molecule has 1 saturated heterocycles. The highest BCUT2D eigenvalue weighted by Crippen LogP contribution is 2.34. The lowest BCUT2D eigenvalue weighted by Crippen LogP contribution is -2.23. The summed E-state index contributed by atoms with van der Waals surface area (Å²) in [6.45, 7) is 1.92. The summed E-state index contributed by atoms with van der Waals surface area (Å²) in [5.74, 6) is -0.209. The molecule has 1 aliphatic rings. The zero-order chi connectivity index (χ0) is 19.8. The maximum Gasteiger partial charge on any atom is 0.266 e. The fourth-order valence-electron chi connectivity index (χ4n) is 2.77. The molecule has 1 amide bonds. The smallest absolute Gasteiger partial charge is 0.266 e. The molecule has 4 rings (SSSR count). The Morgan fingerprint density at radius 3 is 2.57 bits per heavy atom. The number of aromatic nitrogens is 2. The van der Waals surface area contributed by atoms with Crippen molar-refractivity contribution in [1.29, 1.82) is 0 Å². The number of thiocarbonyl (C=S) groups is 1. The summed E-state index contributed by atoms with van der Waals surface area (Å²) >= 11 is 7.79. The fraction of sp³-hybridized carbons (Fsp3) is 0.100. The van der Waals surface area contributed by atoms with Crippen LogP contribution in [-0.2, 0) is 4.79 Å². The van der Waals surface area contributed by atoms with Crippen molar-refractivity contribution in [3.63, 3.8) is 0 Å². The van der Waals surface area contributed by atoms with Crippen molar-refractivity contribution in [1.82, 2.24) is 14.3 Å². The molecule has 1 aliphatic heterocycles. The lowest BCUT2D eigenvalue weighted by molar-refractivity contribution is -0.121. The van der Waals surface area contributed by atoms with E-state index in [4.69, 9.17) is 17.2 Å². The molecule has 28 heavy (non-hydrogen) atoms. The van der Waals surface area contributed by atoms with Gasteiger partial charge < -0.3 is 0 Å². The molecule has 0 aliphatic carbocycles. The second kappa shape index (κ2) is 7.54. The summed E-state index contributed by atoms with van der Waals surface area (Å²) < 4.78 is 1.99. The number of fused-ring (bicyclic) bond motifs is 1. The minimum Gasteiger partial charge on any atom is -0.296 e. The van der Waals surface area contributed by atoms with Crippen molar-refractivity contribution >= 4 is 57.7 Å². The van der Waals surface area contributed by atoms with Crippen molar-refractivity contribution in [3.8, 4) is 0 Å². The molecule has 2 aromatic heterocycles. The van der Waals surface area contributed by atoms with Gasteiger partial charge in [0.1, 0.15) is 15.0 Å². The van der Waals surface area contributed by atoms with E-state index in [1.165, 1.54) is 32.8 Å². The van der Waals surface area contributed by atoms with Crippen molar-refractivity contribution in [2.75, 3.05) is 7.05 Å². The van der Waals surface area contributed by atoms with Gasteiger partial charge in [-0.25, -0.2) is 4.98 Å². The van der Waals surface area contributed by atoms with Crippen molar-refractivity contribution < 1.29 is 4.79 Å². The summed E-state index contributed by atoms with van der Waals surface area (Å²) in [5, 5.41) is 0.562. The van der Waals surface area contributed by atoms with Crippen molar-refractivity contribution in [2.24, 2.45) is 0 Å². The Labute approximate surface area is 175 Å². The molecular weight excluding hydrogens is 410 g/mol. The van der Waals surface area contributed by atoms with Crippen LogP contribution < -0.4 is 5.56 Å². The van der Waals surface area contributed by atoms with Crippen LogP contribution in [0.2, 0.25) is 0 Å². The van der Waals surface area contributed by atoms with Crippen LogP contribution in [0.3, 0.4) is 0 Å². The summed E-state index contributed by atoms with van der Waals surface area (Å²) in [4.78, 5) is 33.2. The number of amides is 1. The quantitative estimate of drug-likeness (QED) is 0.359. The second-order valence-electron chi connectivity index (χ2n) is 6.18. The van der Waals surface area contributed by atoms with E-state index in [-0.39, 0.29) is 11.5 Å². The number of nitrogens with zero attached hydrogens (tertiary/aromatic N) is 3. The molecule has 0 saturated carbocycles. The van der Waals surface area contributed by atoms with E-state index in [0.717, 1.165) is 10.5 Å². The molecule has 0 radical (unpaired) electrons. The summed E-state index contributed by atoms with van der Waals surface area (Å²) in [6, 6.07) is 13.4. The van der Waals surface area contributed by atoms with Crippen LogP contribution in [-0.4, -0.2) is 31.6 Å². The molecule has 0 bridgehead atoms. The Hall–Kier alpha value is -2.42. The number of benzene rings is 1. The first kappa shape index (κ1) is 18.9. The van der Waals surface area contributed by atoms with Gasteiger partial charge in [-0.3, -0.25) is 18.9 Å². The van der Waals surface area contributed by atoms with Crippen LogP contribution in [0.15, 0.2) is 68.3 Å². The molecule has 0 atom stereocenters. The Balaban J connectivity index is 1.94. The molecule has 8 heteroatoms. The van der Waals surface area contributed by atoms with Gasteiger partial charge in [-0.1, -0.05) is 60.0 Å². The van der Waals surface area contributed by atoms with Crippen molar-refractivity contribution in [3.05, 3.63) is 75.0 Å².